The lowest BCUT2D eigenvalue weighted by atomic mass is 10.00. The van der Waals surface area contributed by atoms with E-state index in [1.807, 2.05) is 0 Å². The molecule has 1 aromatic heterocycles. The van der Waals surface area contributed by atoms with Gasteiger partial charge in [-0.25, -0.2) is 4.39 Å². The average molecular weight is 460 g/mol. The van der Waals surface area contributed by atoms with E-state index in [2.05, 4.69) is 15.6 Å². The number of hydrogen-bond acceptors (Lipinski definition) is 5. The van der Waals surface area contributed by atoms with Crippen LogP contribution in [0, 0.1) is 11.7 Å². The van der Waals surface area contributed by atoms with E-state index in [4.69, 9.17) is 22.1 Å². The van der Waals surface area contributed by atoms with Crippen molar-refractivity contribution in [1.29, 1.82) is 0 Å². The average Bonchev–Trinajstić information content (AvgIpc) is 3.18. The number of hydrogen-bond donors (Lipinski definition) is 3. The quantitative estimate of drug-likeness (QED) is 0.576. The molecule has 1 fully saturated rings. The van der Waals surface area contributed by atoms with Crippen molar-refractivity contribution in [3.05, 3.63) is 58.5 Å². The van der Waals surface area contributed by atoms with Gasteiger partial charge in [-0.2, -0.15) is 13.2 Å². The lowest BCUT2D eigenvalue weighted by Crippen LogP contribution is -2.40. The zero-order valence-corrected chi connectivity index (χ0v) is 16.5. The lowest BCUT2D eigenvalue weighted by molar-refractivity contribution is -0.137. The SMILES string of the molecule is NC(=O)C1OCC[C]1C(=O)NCc1ncc(Nc2ccc(Cl)cc2C(F)(F)F)cc1F. The summed E-state index contributed by atoms with van der Waals surface area (Å²) in [5, 5.41) is 4.78. The Labute approximate surface area is 178 Å². The van der Waals surface area contributed by atoms with Gasteiger partial charge in [-0.15, -0.1) is 0 Å². The number of amides is 2. The van der Waals surface area contributed by atoms with Crippen molar-refractivity contribution in [1.82, 2.24) is 10.3 Å². The van der Waals surface area contributed by atoms with Gasteiger partial charge in [0, 0.05) is 17.7 Å². The van der Waals surface area contributed by atoms with Crippen molar-refractivity contribution in [2.24, 2.45) is 5.73 Å². The number of primary amides is 1. The first-order valence-corrected chi connectivity index (χ1v) is 9.27. The van der Waals surface area contributed by atoms with Crippen molar-refractivity contribution >= 4 is 34.8 Å². The third kappa shape index (κ3) is 5.42. The fourth-order valence-corrected chi connectivity index (χ4v) is 3.13. The first-order valence-electron chi connectivity index (χ1n) is 8.89. The molecule has 1 aliphatic rings. The molecule has 1 aliphatic heterocycles. The molecule has 0 bridgehead atoms. The van der Waals surface area contributed by atoms with Gasteiger partial charge >= 0.3 is 6.18 Å². The van der Waals surface area contributed by atoms with Crippen LogP contribution in [0.15, 0.2) is 30.5 Å². The molecule has 3 rings (SSSR count). The second-order valence-corrected chi connectivity index (χ2v) is 7.01. The molecule has 1 saturated heterocycles. The summed E-state index contributed by atoms with van der Waals surface area (Å²) < 4.78 is 59.0. The molecule has 0 saturated carbocycles. The van der Waals surface area contributed by atoms with Gasteiger partial charge in [0.1, 0.15) is 11.7 Å². The molecule has 165 valence electrons. The second kappa shape index (κ2) is 9.06. The van der Waals surface area contributed by atoms with Crippen molar-refractivity contribution in [2.75, 3.05) is 11.9 Å². The maximum Gasteiger partial charge on any atom is 0.418 e. The number of rotatable bonds is 6. The third-order valence-corrected chi connectivity index (χ3v) is 4.66. The van der Waals surface area contributed by atoms with Gasteiger partial charge in [0.2, 0.25) is 11.8 Å². The molecule has 1 atom stereocenters. The number of nitrogens with two attached hydrogens (primary N) is 1. The summed E-state index contributed by atoms with van der Waals surface area (Å²) in [5.74, 6) is -2.15. The fraction of sp³-hybridized carbons (Fsp3) is 0.263. The highest BCUT2D eigenvalue weighted by Gasteiger charge is 2.38. The molecule has 2 heterocycles. The first-order chi connectivity index (χ1) is 14.6. The van der Waals surface area contributed by atoms with E-state index < -0.39 is 35.5 Å². The number of aromatic nitrogens is 1. The highest BCUT2D eigenvalue weighted by molar-refractivity contribution is 6.30. The predicted molar refractivity (Wildman–Crippen MR) is 103 cm³/mol. The van der Waals surface area contributed by atoms with E-state index in [-0.39, 0.29) is 47.6 Å². The number of halogens is 5. The zero-order valence-electron chi connectivity index (χ0n) is 15.7. The molecule has 2 amide bonds. The van der Waals surface area contributed by atoms with Gasteiger partial charge in [-0.3, -0.25) is 14.6 Å². The van der Waals surface area contributed by atoms with Crippen molar-refractivity contribution in [3.8, 4) is 0 Å². The number of nitrogens with zero attached hydrogens (tertiary/aromatic N) is 1. The van der Waals surface area contributed by atoms with Crippen molar-refractivity contribution < 1.29 is 31.9 Å². The second-order valence-electron chi connectivity index (χ2n) is 6.58. The van der Waals surface area contributed by atoms with Crippen LogP contribution < -0.4 is 16.4 Å². The topological polar surface area (TPSA) is 106 Å². The van der Waals surface area contributed by atoms with Crippen LogP contribution >= 0.6 is 11.6 Å². The summed E-state index contributed by atoms with van der Waals surface area (Å²) in [6.07, 6.45) is -4.47. The molecule has 1 unspecified atom stereocenters. The molecular weight excluding hydrogens is 444 g/mol. The summed E-state index contributed by atoms with van der Waals surface area (Å²) in [4.78, 5) is 27.3. The monoisotopic (exact) mass is 459 g/mol. The van der Waals surface area contributed by atoms with Crippen LogP contribution in [0.5, 0.6) is 0 Å². The normalized spacial score (nSPS) is 16.9. The smallest absolute Gasteiger partial charge is 0.367 e. The number of alkyl halides is 3. The summed E-state index contributed by atoms with van der Waals surface area (Å²) in [6, 6.07) is 4.08. The summed E-state index contributed by atoms with van der Waals surface area (Å²) in [7, 11) is 0. The molecule has 31 heavy (non-hydrogen) atoms. The van der Waals surface area contributed by atoms with Gasteiger partial charge in [0.25, 0.3) is 0 Å². The Hall–Kier alpha value is -2.92. The number of benzene rings is 1. The van der Waals surface area contributed by atoms with Gasteiger partial charge in [0.15, 0.2) is 6.10 Å². The van der Waals surface area contributed by atoms with Crippen LogP contribution in [0.25, 0.3) is 0 Å². The van der Waals surface area contributed by atoms with E-state index in [0.29, 0.717) is 0 Å². The molecule has 0 aliphatic carbocycles. The van der Waals surface area contributed by atoms with E-state index in [9.17, 15) is 27.2 Å². The molecular formula is C19H16ClF4N4O3. The number of carbonyl (C=O) groups excluding carboxylic acids is 2. The van der Waals surface area contributed by atoms with E-state index in [1.165, 1.54) is 6.07 Å². The van der Waals surface area contributed by atoms with Gasteiger partial charge in [-0.05, 0) is 24.6 Å². The highest BCUT2D eigenvalue weighted by atomic mass is 35.5. The number of anilines is 2. The van der Waals surface area contributed by atoms with E-state index in [0.717, 1.165) is 24.4 Å². The first kappa shape index (κ1) is 22.8. The molecule has 0 spiro atoms. The maximum atomic E-state index is 14.4. The maximum absolute atomic E-state index is 14.4. The summed E-state index contributed by atoms with van der Waals surface area (Å²) in [6.45, 7) is -0.150. The Kier molecular flexibility index (Phi) is 6.65. The minimum Gasteiger partial charge on any atom is -0.367 e. The van der Waals surface area contributed by atoms with Crippen LogP contribution in [-0.4, -0.2) is 29.5 Å². The largest absolute Gasteiger partial charge is 0.418 e. The molecule has 7 nitrogen and oxygen atoms in total. The molecule has 1 radical (unpaired) electrons. The fourth-order valence-electron chi connectivity index (χ4n) is 2.96. The van der Waals surface area contributed by atoms with Crippen LogP contribution in [0.1, 0.15) is 17.7 Å². The Bertz CT molecular complexity index is 1000. The highest BCUT2D eigenvalue weighted by Crippen LogP contribution is 2.37. The van der Waals surface area contributed by atoms with Gasteiger partial charge in [-0.1, -0.05) is 11.6 Å². The Morgan fingerprint density at radius 3 is 2.68 bits per heavy atom. The van der Waals surface area contributed by atoms with Crippen LogP contribution in [0.4, 0.5) is 28.9 Å². The molecule has 1 aromatic carbocycles. The standard InChI is InChI=1S/C19H16ClF4N4O3/c20-9-1-2-14(12(5-9)19(22,23)24)28-10-6-13(21)15(26-7-10)8-27-18(30)11-3-4-31-16(11)17(25)29/h1-2,5-7,16,28H,3-4,8H2,(H2,25,29)(H,27,30). The summed E-state index contributed by atoms with van der Waals surface area (Å²) >= 11 is 5.64. The number of carbonyl (C=O) groups is 2. The lowest BCUT2D eigenvalue weighted by Gasteiger charge is -2.16. The van der Waals surface area contributed by atoms with Gasteiger partial charge in [0.05, 0.1) is 35.4 Å². The number of nitrogens with one attached hydrogen (secondary N) is 2. The van der Waals surface area contributed by atoms with E-state index >= 15 is 0 Å². The van der Waals surface area contributed by atoms with Crippen LogP contribution in [0.2, 0.25) is 5.02 Å². The number of pyridine rings is 1. The minimum atomic E-state index is -4.67. The molecule has 2 aromatic rings. The summed E-state index contributed by atoms with van der Waals surface area (Å²) in [5.41, 5.74) is 3.63. The Balaban J connectivity index is 1.69. The van der Waals surface area contributed by atoms with Crippen LogP contribution in [0.3, 0.4) is 0 Å². The Morgan fingerprint density at radius 1 is 1.29 bits per heavy atom. The van der Waals surface area contributed by atoms with Crippen molar-refractivity contribution in [2.45, 2.75) is 25.2 Å². The molecule has 12 heteroatoms. The van der Waals surface area contributed by atoms with Gasteiger partial charge < -0.3 is 21.1 Å². The molecule has 4 N–H and O–H groups in total. The van der Waals surface area contributed by atoms with Crippen LogP contribution in [-0.2, 0) is 27.0 Å². The Morgan fingerprint density at radius 2 is 2.03 bits per heavy atom. The zero-order chi connectivity index (χ0) is 22.8. The van der Waals surface area contributed by atoms with E-state index in [1.54, 1.807) is 0 Å². The third-order valence-electron chi connectivity index (χ3n) is 4.42. The minimum absolute atomic E-state index is 0.0345. The van der Waals surface area contributed by atoms with Crippen molar-refractivity contribution in [3.63, 3.8) is 0 Å². The number of ether oxygens (including phenoxy) is 1. The predicted octanol–water partition coefficient (Wildman–Crippen LogP) is 3.10.